The Morgan fingerprint density at radius 3 is 2.69 bits per heavy atom. The van der Waals surface area contributed by atoms with Crippen molar-refractivity contribution in [3.63, 3.8) is 0 Å². The molecule has 1 saturated heterocycles. The second kappa shape index (κ2) is 7.63. The molecule has 1 amide bonds. The van der Waals surface area contributed by atoms with Crippen LogP contribution in [-0.2, 0) is 21.2 Å². The lowest BCUT2D eigenvalue weighted by atomic mass is 9.90. The van der Waals surface area contributed by atoms with Gasteiger partial charge in [-0.1, -0.05) is 42.5 Å². The van der Waals surface area contributed by atoms with Gasteiger partial charge in [0.25, 0.3) is 0 Å². The van der Waals surface area contributed by atoms with Crippen LogP contribution >= 0.6 is 0 Å². The first kappa shape index (κ1) is 18.7. The average molecular weight is 376 g/mol. The Morgan fingerprint density at radius 1 is 1.23 bits per heavy atom. The van der Waals surface area contributed by atoms with Gasteiger partial charge in [0.15, 0.2) is 0 Å². The third-order valence-electron chi connectivity index (χ3n) is 4.86. The number of carbonyl (C=O) groups excluding carboxylic acids is 1. The van der Waals surface area contributed by atoms with Crippen LogP contribution in [0.5, 0.6) is 0 Å². The van der Waals surface area contributed by atoms with E-state index in [2.05, 4.69) is 10.8 Å². The Hall–Kier alpha value is -2.12. The molecule has 0 unspecified atom stereocenters. The lowest BCUT2D eigenvalue weighted by Crippen LogP contribution is -2.57. The number of methoxy groups -OCH3 is 1. The molecule has 1 heterocycles. The van der Waals surface area contributed by atoms with Crippen LogP contribution in [0.3, 0.4) is 0 Å². The molecule has 0 spiro atoms. The van der Waals surface area contributed by atoms with E-state index >= 15 is 0 Å². The lowest BCUT2D eigenvalue weighted by Gasteiger charge is -2.40. The van der Waals surface area contributed by atoms with Gasteiger partial charge >= 0.3 is 6.09 Å². The van der Waals surface area contributed by atoms with Crippen LogP contribution in [0.25, 0.3) is 10.8 Å². The first-order valence-electron chi connectivity index (χ1n) is 8.67. The van der Waals surface area contributed by atoms with Gasteiger partial charge in [0, 0.05) is 12.6 Å². The molecule has 0 radical (unpaired) electrons. The minimum atomic E-state index is -3.38. The van der Waals surface area contributed by atoms with E-state index in [1.54, 1.807) is 4.90 Å². The zero-order valence-electron chi connectivity index (χ0n) is 15.0. The van der Waals surface area contributed by atoms with Gasteiger partial charge in [-0.3, -0.25) is 0 Å². The molecule has 0 aromatic heterocycles. The highest BCUT2D eigenvalue weighted by Crippen LogP contribution is 2.26. The van der Waals surface area contributed by atoms with Gasteiger partial charge in [-0.25, -0.2) is 17.9 Å². The second-order valence-electron chi connectivity index (χ2n) is 6.71. The van der Waals surface area contributed by atoms with E-state index < -0.39 is 16.1 Å². The number of hydrogen-bond acceptors (Lipinski definition) is 4. The molecule has 2 aromatic carbocycles. The van der Waals surface area contributed by atoms with E-state index in [1.165, 1.54) is 7.11 Å². The fourth-order valence-electron chi connectivity index (χ4n) is 3.76. The van der Waals surface area contributed by atoms with Crippen molar-refractivity contribution in [3.8, 4) is 0 Å². The van der Waals surface area contributed by atoms with Crippen molar-refractivity contribution in [2.75, 3.05) is 19.9 Å². The molecule has 26 heavy (non-hydrogen) atoms. The van der Waals surface area contributed by atoms with E-state index in [-0.39, 0.29) is 12.1 Å². The molecule has 0 aliphatic carbocycles. The Kier molecular flexibility index (Phi) is 5.48. The number of nitrogens with one attached hydrogen (secondary N) is 1. The molecule has 0 bridgehead atoms. The van der Waals surface area contributed by atoms with Crippen molar-refractivity contribution in [3.05, 3.63) is 48.0 Å². The largest absolute Gasteiger partial charge is 0.453 e. The topological polar surface area (TPSA) is 75.7 Å². The third-order valence-corrected chi connectivity index (χ3v) is 5.59. The Bertz CT molecular complexity index is 892. The van der Waals surface area contributed by atoms with Crippen LogP contribution in [0.15, 0.2) is 42.5 Å². The van der Waals surface area contributed by atoms with E-state index in [0.717, 1.165) is 29.0 Å². The molecule has 1 aliphatic rings. The predicted octanol–water partition coefficient (Wildman–Crippen LogP) is 2.53. The fourth-order valence-corrected chi connectivity index (χ4v) is 4.59. The minimum absolute atomic E-state index is 0.295. The molecule has 3 rings (SSSR count). The van der Waals surface area contributed by atoms with E-state index in [9.17, 15) is 13.2 Å². The van der Waals surface area contributed by atoms with Gasteiger partial charge in [0.05, 0.1) is 19.4 Å². The summed E-state index contributed by atoms with van der Waals surface area (Å²) in [6.45, 7) is 0.560. The van der Waals surface area contributed by atoms with Crippen LogP contribution in [0.2, 0.25) is 0 Å². The number of piperidine rings is 1. The van der Waals surface area contributed by atoms with Gasteiger partial charge in [0.1, 0.15) is 0 Å². The Balaban J connectivity index is 1.97. The summed E-state index contributed by atoms with van der Waals surface area (Å²) in [5, 5.41) is 2.24. The van der Waals surface area contributed by atoms with Crippen molar-refractivity contribution < 1.29 is 17.9 Å². The van der Waals surface area contributed by atoms with Crippen LogP contribution < -0.4 is 4.72 Å². The molecule has 1 aliphatic heterocycles. The van der Waals surface area contributed by atoms with Gasteiger partial charge in [-0.15, -0.1) is 0 Å². The summed E-state index contributed by atoms with van der Waals surface area (Å²) in [4.78, 5) is 13.9. The quantitative estimate of drug-likeness (QED) is 0.890. The van der Waals surface area contributed by atoms with Crippen LogP contribution in [-0.4, -0.2) is 51.4 Å². The highest BCUT2D eigenvalue weighted by Gasteiger charge is 2.36. The average Bonchev–Trinajstić information content (AvgIpc) is 2.61. The zero-order chi connectivity index (χ0) is 18.7. The Morgan fingerprint density at radius 2 is 1.96 bits per heavy atom. The van der Waals surface area contributed by atoms with Crippen LogP contribution in [0, 0.1) is 0 Å². The maximum atomic E-state index is 12.3. The summed E-state index contributed by atoms with van der Waals surface area (Å²) >= 11 is 0. The fraction of sp³-hybridized carbons (Fsp3) is 0.421. The first-order valence-corrected chi connectivity index (χ1v) is 10.6. The number of fused-ring (bicyclic) bond motifs is 1. The Labute approximate surface area is 154 Å². The molecule has 7 heteroatoms. The van der Waals surface area contributed by atoms with E-state index in [1.807, 2.05) is 36.4 Å². The number of carbonyl (C=O) groups is 1. The van der Waals surface area contributed by atoms with E-state index in [4.69, 9.17) is 4.74 Å². The SMILES string of the molecule is COC(=O)N1CCC[C@H](NS(C)(=O)=O)[C@@H]1Cc1cccc2ccccc12. The number of amides is 1. The van der Waals surface area contributed by atoms with Crippen molar-refractivity contribution in [2.24, 2.45) is 0 Å². The highest BCUT2D eigenvalue weighted by molar-refractivity contribution is 7.88. The molecule has 6 nitrogen and oxygen atoms in total. The number of ether oxygens (including phenoxy) is 1. The molecule has 0 saturated carbocycles. The summed E-state index contributed by atoms with van der Waals surface area (Å²) in [6.07, 6.45) is 2.71. The standard InChI is InChI=1S/C19H24N2O4S/c1-25-19(22)21-12-6-11-17(20-26(2,23)24)18(21)13-15-9-5-8-14-7-3-4-10-16(14)15/h3-5,7-10,17-18,20H,6,11-13H2,1-2H3/t17-,18-/m0/s1. The summed E-state index contributed by atoms with van der Waals surface area (Å²) in [5.74, 6) is 0. The van der Waals surface area contributed by atoms with Crippen molar-refractivity contribution in [2.45, 2.75) is 31.3 Å². The molecule has 140 valence electrons. The molecular formula is C19H24N2O4S. The van der Waals surface area contributed by atoms with Crippen molar-refractivity contribution in [1.29, 1.82) is 0 Å². The summed E-state index contributed by atoms with van der Waals surface area (Å²) in [6, 6.07) is 13.5. The maximum absolute atomic E-state index is 12.3. The molecule has 1 N–H and O–H groups in total. The monoisotopic (exact) mass is 376 g/mol. The summed E-state index contributed by atoms with van der Waals surface area (Å²) in [5.41, 5.74) is 1.09. The van der Waals surface area contributed by atoms with Crippen LogP contribution in [0.4, 0.5) is 4.79 Å². The summed E-state index contributed by atoms with van der Waals surface area (Å²) in [7, 11) is -2.02. The summed E-state index contributed by atoms with van der Waals surface area (Å²) < 4.78 is 31.3. The molecule has 2 aromatic rings. The minimum Gasteiger partial charge on any atom is -0.453 e. The van der Waals surface area contributed by atoms with Gasteiger partial charge < -0.3 is 9.64 Å². The first-order chi connectivity index (χ1) is 12.4. The maximum Gasteiger partial charge on any atom is 0.409 e. The molecule has 1 fully saturated rings. The highest BCUT2D eigenvalue weighted by atomic mass is 32.2. The number of sulfonamides is 1. The van der Waals surface area contributed by atoms with Crippen molar-refractivity contribution >= 4 is 26.9 Å². The number of rotatable bonds is 4. The van der Waals surface area contributed by atoms with Crippen LogP contribution in [0.1, 0.15) is 18.4 Å². The van der Waals surface area contributed by atoms with E-state index in [0.29, 0.717) is 19.4 Å². The lowest BCUT2D eigenvalue weighted by molar-refractivity contribution is 0.0793. The number of benzene rings is 2. The molecular weight excluding hydrogens is 352 g/mol. The second-order valence-corrected chi connectivity index (χ2v) is 8.49. The zero-order valence-corrected chi connectivity index (χ0v) is 15.8. The molecule has 2 atom stereocenters. The third kappa shape index (κ3) is 4.16. The van der Waals surface area contributed by atoms with Gasteiger partial charge in [0.2, 0.25) is 10.0 Å². The van der Waals surface area contributed by atoms with Gasteiger partial charge in [-0.05, 0) is 35.6 Å². The number of hydrogen-bond donors (Lipinski definition) is 1. The normalized spacial score (nSPS) is 20.9. The predicted molar refractivity (Wildman–Crippen MR) is 102 cm³/mol. The van der Waals surface area contributed by atoms with Crippen molar-refractivity contribution in [1.82, 2.24) is 9.62 Å². The van der Waals surface area contributed by atoms with Gasteiger partial charge in [-0.2, -0.15) is 0 Å². The smallest absolute Gasteiger partial charge is 0.409 e. The number of nitrogens with zero attached hydrogens (tertiary/aromatic N) is 1. The number of likely N-dealkylation sites (tertiary alicyclic amines) is 1.